The van der Waals surface area contributed by atoms with Crippen LogP contribution < -0.4 is 14.8 Å². The highest BCUT2D eigenvalue weighted by atomic mass is 16.7. The number of nitrogens with zero attached hydrogens (tertiary/aromatic N) is 1. The minimum absolute atomic E-state index is 0.306. The second-order valence-corrected chi connectivity index (χ2v) is 8.04. The predicted molar refractivity (Wildman–Crippen MR) is 123 cm³/mol. The summed E-state index contributed by atoms with van der Waals surface area (Å²) in [7, 11) is 3.03. The molecule has 2 atom stereocenters. The molecule has 2 aliphatic rings. The third-order valence-corrected chi connectivity index (χ3v) is 6.16. The van der Waals surface area contributed by atoms with Gasteiger partial charge in [-0.1, -0.05) is 53.2 Å². The minimum Gasteiger partial charge on any atom is -0.493 e. The van der Waals surface area contributed by atoms with Crippen molar-refractivity contribution < 1.29 is 23.9 Å². The second kappa shape index (κ2) is 7.78. The average Bonchev–Trinajstić information content (AvgIpc) is 3.37. The molecule has 1 spiro atoms. The zero-order valence-corrected chi connectivity index (χ0v) is 18.4. The summed E-state index contributed by atoms with van der Waals surface area (Å²) in [4.78, 5) is 33.3. The summed E-state index contributed by atoms with van der Waals surface area (Å²) in [6.45, 7) is 1.98. The van der Waals surface area contributed by atoms with Crippen LogP contribution in [0.5, 0.6) is 11.5 Å². The van der Waals surface area contributed by atoms with Crippen molar-refractivity contribution in [1.29, 1.82) is 0 Å². The highest BCUT2D eigenvalue weighted by Crippen LogP contribution is 2.50. The Hall–Kier alpha value is -4.13. The number of aryl methyl sites for hydroxylation is 1. The van der Waals surface area contributed by atoms with Crippen LogP contribution in [-0.4, -0.2) is 31.6 Å². The zero-order valence-electron chi connectivity index (χ0n) is 18.4. The normalized spacial score (nSPS) is 20.6. The van der Waals surface area contributed by atoms with Crippen molar-refractivity contribution >= 4 is 23.1 Å². The summed E-state index contributed by atoms with van der Waals surface area (Å²) < 4.78 is 10.7. The molecule has 7 heteroatoms. The van der Waals surface area contributed by atoms with E-state index in [1.54, 1.807) is 30.3 Å². The van der Waals surface area contributed by atoms with Gasteiger partial charge in [0, 0.05) is 22.4 Å². The van der Waals surface area contributed by atoms with Gasteiger partial charge in [-0.25, -0.2) is 0 Å². The second-order valence-electron chi connectivity index (χ2n) is 8.04. The summed E-state index contributed by atoms with van der Waals surface area (Å²) in [5.74, 6) is -0.806. The molecule has 2 aliphatic heterocycles. The highest BCUT2D eigenvalue weighted by molar-refractivity contribution is 6.24. The molecule has 0 fully saturated rings. The fourth-order valence-corrected chi connectivity index (χ4v) is 4.46. The largest absolute Gasteiger partial charge is 0.493 e. The highest BCUT2D eigenvalue weighted by Gasteiger charge is 2.63. The van der Waals surface area contributed by atoms with E-state index in [4.69, 9.17) is 14.3 Å². The SMILES string of the molecule is COc1ccc(C(=O)[C@H]2C(c3ccc(C)cc3)=NO[C@]23C(=O)Nc2ccccc23)cc1OC. The van der Waals surface area contributed by atoms with Crippen LogP contribution in [-0.2, 0) is 15.2 Å². The Kier molecular flexibility index (Phi) is 4.89. The van der Waals surface area contributed by atoms with Crippen molar-refractivity contribution in [3.05, 3.63) is 89.0 Å². The fourth-order valence-electron chi connectivity index (χ4n) is 4.46. The smallest absolute Gasteiger partial charge is 0.277 e. The number of rotatable bonds is 5. The molecule has 3 aromatic carbocycles. The Morgan fingerprint density at radius 3 is 2.45 bits per heavy atom. The van der Waals surface area contributed by atoms with Crippen LogP contribution >= 0.6 is 0 Å². The van der Waals surface area contributed by atoms with Gasteiger partial charge in [0.1, 0.15) is 11.6 Å². The van der Waals surface area contributed by atoms with Gasteiger partial charge < -0.3 is 19.6 Å². The number of methoxy groups -OCH3 is 2. The number of fused-ring (bicyclic) bond motifs is 2. The lowest BCUT2D eigenvalue weighted by atomic mass is 9.74. The molecule has 1 N–H and O–H groups in total. The number of oxime groups is 1. The molecule has 0 bridgehead atoms. The molecule has 0 unspecified atom stereocenters. The number of hydrogen-bond donors (Lipinski definition) is 1. The van der Waals surface area contributed by atoms with Gasteiger partial charge in [0.15, 0.2) is 17.3 Å². The van der Waals surface area contributed by atoms with Crippen LogP contribution in [0.3, 0.4) is 0 Å². The van der Waals surface area contributed by atoms with Crippen molar-refractivity contribution in [2.45, 2.75) is 12.5 Å². The lowest BCUT2D eigenvalue weighted by Crippen LogP contribution is -2.46. The maximum absolute atomic E-state index is 14.0. The van der Waals surface area contributed by atoms with Crippen LogP contribution in [0.1, 0.15) is 27.0 Å². The maximum atomic E-state index is 14.0. The molecule has 1 amide bonds. The first-order valence-corrected chi connectivity index (χ1v) is 10.5. The minimum atomic E-state index is -1.60. The molecule has 33 heavy (non-hydrogen) atoms. The standard InChI is InChI=1S/C26H22N2O5/c1-15-8-10-16(11-9-15)23-22(24(29)17-12-13-20(31-2)21(14-17)32-3)26(33-28-23)18-6-4-5-7-19(18)27-25(26)30/h4-14,22H,1-3H3,(H,27,30)/t22-,26+/m1/s1. The average molecular weight is 442 g/mol. The summed E-state index contributed by atoms with van der Waals surface area (Å²) >= 11 is 0. The molecule has 0 aliphatic carbocycles. The van der Waals surface area contributed by atoms with Crippen LogP contribution in [0.15, 0.2) is 71.9 Å². The third kappa shape index (κ3) is 3.08. The van der Waals surface area contributed by atoms with Gasteiger partial charge in [-0.3, -0.25) is 9.59 Å². The van der Waals surface area contributed by atoms with E-state index in [1.165, 1.54) is 14.2 Å². The van der Waals surface area contributed by atoms with E-state index in [2.05, 4.69) is 10.5 Å². The lowest BCUT2D eigenvalue weighted by molar-refractivity contribution is -0.140. The van der Waals surface area contributed by atoms with E-state index in [-0.39, 0.29) is 5.78 Å². The van der Waals surface area contributed by atoms with Crippen molar-refractivity contribution in [3.8, 4) is 11.5 Å². The molecule has 0 radical (unpaired) electrons. The van der Waals surface area contributed by atoms with Gasteiger partial charge in [-0.2, -0.15) is 0 Å². The summed E-state index contributed by atoms with van der Waals surface area (Å²) in [6.07, 6.45) is 0. The Labute approximate surface area is 191 Å². The number of nitrogens with one attached hydrogen (secondary N) is 1. The van der Waals surface area contributed by atoms with Gasteiger partial charge in [0.05, 0.1) is 14.2 Å². The number of carbonyl (C=O) groups is 2. The lowest BCUT2D eigenvalue weighted by Gasteiger charge is -2.27. The number of benzene rings is 3. The van der Waals surface area contributed by atoms with Gasteiger partial charge >= 0.3 is 0 Å². The number of carbonyl (C=O) groups excluding carboxylic acids is 2. The molecule has 166 valence electrons. The van der Waals surface area contributed by atoms with Crippen LogP contribution in [0.4, 0.5) is 5.69 Å². The molecule has 5 rings (SSSR count). The Morgan fingerprint density at radius 1 is 1.00 bits per heavy atom. The number of Topliss-reactive ketones (excluding diaryl/α,β-unsaturated/α-hetero) is 1. The number of anilines is 1. The first kappa shape index (κ1) is 20.8. The predicted octanol–water partition coefficient (Wildman–Crippen LogP) is 4.09. The zero-order chi connectivity index (χ0) is 23.2. The number of hydrogen-bond acceptors (Lipinski definition) is 6. The van der Waals surface area contributed by atoms with E-state index in [0.717, 1.165) is 5.56 Å². The molecular formula is C26H22N2O5. The van der Waals surface area contributed by atoms with Gasteiger partial charge in [-0.15, -0.1) is 0 Å². The molecule has 0 saturated carbocycles. The van der Waals surface area contributed by atoms with Crippen LogP contribution in [0.25, 0.3) is 0 Å². The van der Waals surface area contributed by atoms with Gasteiger partial charge in [-0.05, 0) is 31.2 Å². The Bertz CT molecular complexity index is 1300. The summed E-state index contributed by atoms with van der Waals surface area (Å²) in [5.41, 5.74) is 2.14. The fraction of sp³-hybridized carbons (Fsp3) is 0.192. The van der Waals surface area contributed by atoms with Crippen LogP contribution in [0, 0.1) is 12.8 Å². The van der Waals surface area contributed by atoms with Gasteiger partial charge in [0.2, 0.25) is 0 Å². The van der Waals surface area contributed by atoms with E-state index < -0.39 is 17.4 Å². The molecule has 7 nitrogen and oxygen atoms in total. The van der Waals surface area contributed by atoms with E-state index in [1.807, 2.05) is 43.3 Å². The van der Waals surface area contributed by atoms with E-state index >= 15 is 0 Å². The van der Waals surface area contributed by atoms with E-state index in [0.29, 0.717) is 39.6 Å². The maximum Gasteiger partial charge on any atom is 0.277 e. The summed E-state index contributed by atoms with van der Waals surface area (Å²) in [6, 6.07) is 19.8. The topological polar surface area (TPSA) is 86.2 Å². The molecule has 0 aromatic heterocycles. The van der Waals surface area contributed by atoms with Gasteiger partial charge in [0.25, 0.3) is 11.5 Å². The first-order valence-electron chi connectivity index (χ1n) is 10.5. The van der Waals surface area contributed by atoms with E-state index in [9.17, 15) is 9.59 Å². The monoisotopic (exact) mass is 442 g/mol. The molecular weight excluding hydrogens is 420 g/mol. The quantitative estimate of drug-likeness (QED) is 0.602. The Morgan fingerprint density at radius 2 is 1.73 bits per heavy atom. The molecule has 2 heterocycles. The number of ketones is 1. The number of amides is 1. The Balaban J connectivity index is 1.68. The van der Waals surface area contributed by atoms with Crippen LogP contribution in [0.2, 0.25) is 0 Å². The van der Waals surface area contributed by atoms with Crippen molar-refractivity contribution in [2.75, 3.05) is 19.5 Å². The first-order chi connectivity index (χ1) is 16.0. The summed E-state index contributed by atoms with van der Waals surface area (Å²) in [5, 5.41) is 7.16. The van der Waals surface area contributed by atoms with Crippen molar-refractivity contribution in [1.82, 2.24) is 0 Å². The van der Waals surface area contributed by atoms with Crippen molar-refractivity contribution in [2.24, 2.45) is 11.1 Å². The molecule has 3 aromatic rings. The number of ether oxygens (including phenoxy) is 2. The van der Waals surface area contributed by atoms with Crippen molar-refractivity contribution in [3.63, 3.8) is 0 Å². The third-order valence-electron chi connectivity index (χ3n) is 6.16. The molecule has 0 saturated heterocycles. The number of para-hydroxylation sites is 1.